The van der Waals surface area contributed by atoms with Gasteiger partial charge in [-0.3, -0.25) is 0 Å². The van der Waals surface area contributed by atoms with Crippen molar-refractivity contribution in [3.63, 3.8) is 0 Å². The normalized spacial score (nSPS) is 22.3. The van der Waals surface area contributed by atoms with Crippen LogP contribution in [0.5, 0.6) is 5.75 Å². The smallest absolute Gasteiger partial charge is 0.422 e. The largest absolute Gasteiger partial charge is 0.573 e. The predicted octanol–water partition coefficient (Wildman–Crippen LogP) is 3.68. The number of rotatable bonds is 3. The quantitative estimate of drug-likeness (QED) is 0.658. The van der Waals surface area contributed by atoms with Gasteiger partial charge in [0.05, 0.1) is 29.8 Å². The lowest BCUT2D eigenvalue weighted by Gasteiger charge is -2.34. The summed E-state index contributed by atoms with van der Waals surface area (Å²) >= 11 is 7.46. The molecule has 0 spiro atoms. The van der Waals surface area contributed by atoms with Crippen LogP contribution >= 0.6 is 22.9 Å². The van der Waals surface area contributed by atoms with Crippen LogP contribution in [0.15, 0.2) is 22.1 Å². The number of hydrogen-bond acceptors (Lipinski definition) is 8. The van der Waals surface area contributed by atoms with Crippen LogP contribution in [0.1, 0.15) is 0 Å². The molecule has 0 aliphatic carbocycles. The number of nitrogens with one attached hydrogen (secondary N) is 1. The number of hydrogen-bond donors (Lipinski definition) is 1. The molecule has 7 nitrogen and oxygen atoms in total. The van der Waals surface area contributed by atoms with Gasteiger partial charge in [-0.15, -0.1) is 24.5 Å². The summed E-state index contributed by atoms with van der Waals surface area (Å²) in [5, 5.41) is 5.45. The molecule has 0 radical (unpaired) electrons. The van der Waals surface area contributed by atoms with E-state index in [9.17, 15) is 13.2 Å². The van der Waals surface area contributed by atoms with Gasteiger partial charge in [-0.1, -0.05) is 11.6 Å². The minimum absolute atomic E-state index is 0.0485. The molecule has 29 heavy (non-hydrogen) atoms. The lowest BCUT2D eigenvalue weighted by Crippen LogP contribution is -2.56. The Kier molecular flexibility index (Phi) is 4.57. The molecule has 5 heterocycles. The number of thiazole rings is 1. The van der Waals surface area contributed by atoms with E-state index < -0.39 is 12.1 Å². The fourth-order valence-corrected chi connectivity index (χ4v) is 4.46. The highest BCUT2D eigenvalue weighted by atomic mass is 35.5. The Bertz CT molecular complexity index is 1040. The zero-order chi connectivity index (χ0) is 20.2. The van der Waals surface area contributed by atoms with Crippen molar-refractivity contribution in [2.75, 3.05) is 31.2 Å². The summed E-state index contributed by atoms with van der Waals surface area (Å²) in [4.78, 5) is 10.5. The molecule has 1 aromatic carbocycles. The van der Waals surface area contributed by atoms with Crippen LogP contribution in [-0.4, -0.2) is 54.7 Å². The standard InChI is InChI=1S/C17H14ClF3N4O3S/c18-11-3-10(15-22-1-2-29-15)13-12(14(11)28-17(19,20)21)24-16(27-13)25-5-8-6-26-7-9(25)4-23-8/h1-3,8-9,23H,4-7H2. The van der Waals surface area contributed by atoms with E-state index in [4.69, 9.17) is 20.8 Å². The number of aromatic nitrogens is 2. The first-order chi connectivity index (χ1) is 13.9. The number of nitrogens with zero attached hydrogens (tertiary/aromatic N) is 3. The van der Waals surface area contributed by atoms with Crippen molar-refractivity contribution in [1.29, 1.82) is 0 Å². The van der Waals surface area contributed by atoms with Gasteiger partial charge in [0, 0.05) is 30.7 Å². The molecule has 3 aliphatic heterocycles. The molecule has 3 aliphatic rings. The fraction of sp³-hybridized carbons (Fsp3) is 0.412. The monoisotopic (exact) mass is 446 g/mol. The predicted molar refractivity (Wildman–Crippen MR) is 101 cm³/mol. The average molecular weight is 447 g/mol. The maximum atomic E-state index is 13.0. The highest BCUT2D eigenvalue weighted by Crippen LogP contribution is 2.44. The number of ether oxygens (including phenoxy) is 2. The first-order valence-electron chi connectivity index (χ1n) is 8.75. The van der Waals surface area contributed by atoms with Crippen molar-refractivity contribution < 1.29 is 27.1 Å². The molecule has 0 amide bonds. The first kappa shape index (κ1) is 18.9. The Morgan fingerprint density at radius 2 is 2.21 bits per heavy atom. The number of oxazole rings is 1. The molecule has 12 heteroatoms. The SMILES string of the molecule is FC(F)(F)Oc1c(Cl)cc(-c2nccs2)c2oc(N3CC4COCC3CN4)nc12. The first-order valence-corrected chi connectivity index (χ1v) is 10.0. The van der Waals surface area contributed by atoms with Crippen LogP contribution in [0.3, 0.4) is 0 Å². The summed E-state index contributed by atoms with van der Waals surface area (Å²) in [6.07, 6.45) is -3.33. The van der Waals surface area contributed by atoms with Crippen molar-refractivity contribution in [2.45, 2.75) is 18.4 Å². The number of anilines is 1. The third-order valence-corrected chi connectivity index (χ3v) is 5.91. The zero-order valence-electron chi connectivity index (χ0n) is 14.7. The zero-order valence-corrected chi connectivity index (χ0v) is 16.3. The third-order valence-electron chi connectivity index (χ3n) is 4.82. The number of halogens is 4. The van der Waals surface area contributed by atoms with Gasteiger partial charge >= 0.3 is 6.36 Å². The molecular formula is C17H14ClF3N4O3S. The molecule has 6 rings (SSSR count). The van der Waals surface area contributed by atoms with E-state index in [0.717, 1.165) is 0 Å². The van der Waals surface area contributed by atoms with Crippen LogP contribution in [0.25, 0.3) is 21.7 Å². The van der Waals surface area contributed by atoms with Crippen LogP contribution < -0.4 is 15.0 Å². The van der Waals surface area contributed by atoms with E-state index in [-0.39, 0.29) is 34.2 Å². The van der Waals surface area contributed by atoms with Crippen molar-refractivity contribution in [2.24, 2.45) is 0 Å². The number of fused-ring (bicyclic) bond motifs is 5. The third kappa shape index (κ3) is 3.52. The summed E-state index contributed by atoms with van der Waals surface area (Å²) in [7, 11) is 0. The van der Waals surface area contributed by atoms with Gasteiger partial charge in [-0.05, 0) is 6.07 Å². The number of alkyl halides is 3. The highest BCUT2D eigenvalue weighted by Gasteiger charge is 2.37. The maximum Gasteiger partial charge on any atom is 0.573 e. The molecule has 1 N–H and O–H groups in total. The number of benzene rings is 1. The molecule has 2 unspecified atom stereocenters. The Hall–Kier alpha value is -2.08. The van der Waals surface area contributed by atoms with Crippen molar-refractivity contribution in [3.8, 4) is 16.3 Å². The molecule has 2 atom stereocenters. The van der Waals surface area contributed by atoms with Gasteiger partial charge in [-0.25, -0.2) is 4.98 Å². The highest BCUT2D eigenvalue weighted by molar-refractivity contribution is 7.13. The summed E-state index contributed by atoms with van der Waals surface area (Å²) in [5.41, 5.74) is 0.513. The average Bonchev–Trinajstić information content (AvgIpc) is 3.25. The van der Waals surface area contributed by atoms with E-state index >= 15 is 0 Å². The summed E-state index contributed by atoms with van der Waals surface area (Å²) in [6, 6.07) is 1.59. The Morgan fingerprint density at radius 3 is 2.97 bits per heavy atom. The second-order valence-corrected chi connectivity index (χ2v) is 8.04. The van der Waals surface area contributed by atoms with Crippen LogP contribution in [0.4, 0.5) is 19.2 Å². The van der Waals surface area contributed by atoms with Gasteiger partial charge in [-0.2, -0.15) is 4.98 Å². The lowest BCUT2D eigenvalue weighted by molar-refractivity contribution is -0.274. The molecule has 3 aromatic rings. The number of piperazine rings is 1. The lowest BCUT2D eigenvalue weighted by atomic mass is 10.1. The minimum Gasteiger partial charge on any atom is -0.422 e. The van der Waals surface area contributed by atoms with Gasteiger partial charge in [0.15, 0.2) is 16.8 Å². The molecule has 0 saturated carbocycles. The second kappa shape index (κ2) is 7.01. The van der Waals surface area contributed by atoms with E-state index in [1.807, 2.05) is 4.90 Å². The van der Waals surface area contributed by atoms with E-state index in [1.165, 1.54) is 17.4 Å². The van der Waals surface area contributed by atoms with Crippen LogP contribution in [0, 0.1) is 0 Å². The Labute approximate surface area is 171 Å². The molecule has 2 bridgehead atoms. The van der Waals surface area contributed by atoms with Crippen LogP contribution in [0.2, 0.25) is 5.02 Å². The molecular weight excluding hydrogens is 433 g/mol. The minimum atomic E-state index is -4.92. The Balaban J connectivity index is 1.67. The van der Waals surface area contributed by atoms with E-state index in [2.05, 4.69) is 20.0 Å². The van der Waals surface area contributed by atoms with Crippen molar-refractivity contribution in [3.05, 3.63) is 22.7 Å². The van der Waals surface area contributed by atoms with Gasteiger partial charge in [0.1, 0.15) is 5.01 Å². The van der Waals surface area contributed by atoms with E-state index in [1.54, 1.807) is 11.6 Å². The second-order valence-electron chi connectivity index (χ2n) is 6.74. The molecule has 3 fully saturated rings. The molecule has 2 aromatic heterocycles. The van der Waals surface area contributed by atoms with Crippen molar-refractivity contribution >= 4 is 40.1 Å². The fourth-order valence-electron chi connectivity index (χ4n) is 3.57. The molecule has 154 valence electrons. The van der Waals surface area contributed by atoms with Crippen molar-refractivity contribution in [1.82, 2.24) is 15.3 Å². The molecule has 3 saturated heterocycles. The maximum absolute atomic E-state index is 13.0. The summed E-state index contributed by atoms with van der Waals surface area (Å²) in [5.74, 6) is -0.584. The van der Waals surface area contributed by atoms with Gasteiger partial charge in [0.2, 0.25) is 0 Å². The van der Waals surface area contributed by atoms with Gasteiger partial charge in [0.25, 0.3) is 6.01 Å². The Morgan fingerprint density at radius 1 is 1.34 bits per heavy atom. The summed E-state index contributed by atoms with van der Waals surface area (Å²) in [6.45, 7) is 2.24. The van der Waals surface area contributed by atoms with Gasteiger partial charge < -0.3 is 24.1 Å². The topological polar surface area (TPSA) is 72.7 Å². The summed E-state index contributed by atoms with van der Waals surface area (Å²) < 4.78 is 54.7. The van der Waals surface area contributed by atoms with Crippen LogP contribution in [-0.2, 0) is 4.74 Å². The van der Waals surface area contributed by atoms with E-state index in [0.29, 0.717) is 36.9 Å².